The second kappa shape index (κ2) is 6.61. The fourth-order valence-electron chi connectivity index (χ4n) is 0.555. The van der Waals surface area contributed by atoms with E-state index in [1.165, 1.54) is 6.08 Å². The van der Waals surface area contributed by atoms with Crippen molar-refractivity contribution in [1.29, 1.82) is 0 Å². The van der Waals surface area contributed by atoms with E-state index in [-0.39, 0.29) is 12.2 Å². The van der Waals surface area contributed by atoms with Gasteiger partial charge in [0.15, 0.2) is 0 Å². The molecule has 12 heavy (non-hydrogen) atoms. The molecule has 0 aliphatic carbocycles. The van der Waals surface area contributed by atoms with Crippen molar-refractivity contribution < 1.29 is 14.6 Å². The fourth-order valence-corrected chi connectivity index (χ4v) is 0.555. The molecule has 0 aromatic carbocycles. The number of ether oxygens (including phenoxy) is 1. The number of rotatable bonds is 6. The molecule has 3 heteroatoms. The zero-order valence-electron chi connectivity index (χ0n) is 7.08. The second-order valence-corrected chi connectivity index (χ2v) is 2.30. The van der Waals surface area contributed by atoms with Gasteiger partial charge in [0.2, 0.25) is 0 Å². The average Bonchev–Trinajstić information content (AvgIpc) is 2.10. The van der Waals surface area contributed by atoms with E-state index in [4.69, 9.17) is 9.84 Å². The molecule has 1 N–H and O–H groups in total. The summed E-state index contributed by atoms with van der Waals surface area (Å²) in [4.78, 5) is 10.9. The third-order valence-corrected chi connectivity index (χ3v) is 1.29. The first-order valence-corrected chi connectivity index (χ1v) is 3.81. The third kappa shape index (κ3) is 4.68. The minimum atomic E-state index is -0.442. The molecule has 0 rings (SSSR count). The number of aliphatic hydroxyl groups is 1. The van der Waals surface area contributed by atoms with Crippen LogP contribution in [0.2, 0.25) is 0 Å². The minimum Gasteiger partial charge on any atom is -0.462 e. The molecule has 0 aliphatic heterocycles. The van der Waals surface area contributed by atoms with Crippen molar-refractivity contribution >= 4 is 5.97 Å². The van der Waals surface area contributed by atoms with Crippen LogP contribution in [0, 0.1) is 0 Å². The number of unbranched alkanes of at least 4 members (excludes halogenated alkanes) is 1. The molecule has 0 spiro atoms. The summed E-state index contributed by atoms with van der Waals surface area (Å²) in [7, 11) is 0. The normalized spacial score (nSPS) is 9.08. The lowest BCUT2D eigenvalue weighted by Gasteiger charge is -2.02. The summed E-state index contributed by atoms with van der Waals surface area (Å²) in [5.41, 5.74) is 0.263. The number of esters is 1. The maximum Gasteiger partial charge on any atom is 0.337 e. The Morgan fingerprint density at radius 1 is 1.50 bits per heavy atom. The Morgan fingerprint density at radius 3 is 2.67 bits per heavy atom. The van der Waals surface area contributed by atoms with Crippen molar-refractivity contribution in [3.8, 4) is 0 Å². The lowest BCUT2D eigenvalue weighted by molar-refractivity contribution is -0.138. The number of aliphatic hydroxyl groups excluding tert-OH is 1. The van der Waals surface area contributed by atoms with Gasteiger partial charge in [0.25, 0.3) is 0 Å². The molecule has 0 fully saturated rings. The highest BCUT2D eigenvalue weighted by molar-refractivity contribution is 5.90. The highest BCUT2D eigenvalue weighted by atomic mass is 16.5. The predicted octanol–water partition coefficient (Wildman–Crippen LogP) is 1.04. The van der Waals surface area contributed by atoms with Crippen LogP contribution in [0.5, 0.6) is 0 Å². The van der Waals surface area contributed by atoms with Crippen LogP contribution in [0.4, 0.5) is 0 Å². The molecule has 0 aromatic heterocycles. The van der Waals surface area contributed by atoms with E-state index in [9.17, 15) is 4.79 Å². The van der Waals surface area contributed by atoms with Gasteiger partial charge >= 0.3 is 5.97 Å². The SMILES string of the molecule is C=CC(=C)C(=O)OCCCCO. The van der Waals surface area contributed by atoms with Gasteiger partial charge in [0.1, 0.15) is 0 Å². The summed E-state index contributed by atoms with van der Waals surface area (Å²) in [6, 6.07) is 0. The molecular weight excluding hydrogens is 156 g/mol. The molecule has 0 unspecified atom stereocenters. The number of carbonyl (C=O) groups is 1. The Balaban J connectivity index is 3.44. The van der Waals surface area contributed by atoms with Gasteiger partial charge in [0.05, 0.1) is 12.2 Å². The van der Waals surface area contributed by atoms with Crippen molar-refractivity contribution in [2.24, 2.45) is 0 Å². The maximum absolute atomic E-state index is 10.9. The first-order valence-electron chi connectivity index (χ1n) is 3.81. The van der Waals surface area contributed by atoms with E-state index in [1.54, 1.807) is 0 Å². The van der Waals surface area contributed by atoms with Crippen LogP contribution < -0.4 is 0 Å². The van der Waals surface area contributed by atoms with Gasteiger partial charge in [-0.15, -0.1) is 0 Å². The van der Waals surface area contributed by atoms with Gasteiger partial charge in [-0.1, -0.05) is 19.2 Å². The van der Waals surface area contributed by atoms with E-state index in [1.807, 2.05) is 0 Å². The van der Waals surface area contributed by atoms with Gasteiger partial charge < -0.3 is 9.84 Å². The summed E-state index contributed by atoms with van der Waals surface area (Å²) in [5.74, 6) is -0.442. The quantitative estimate of drug-likeness (QED) is 0.280. The molecule has 0 bridgehead atoms. The lowest BCUT2D eigenvalue weighted by Crippen LogP contribution is -2.06. The van der Waals surface area contributed by atoms with Crippen LogP contribution in [0.1, 0.15) is 12.8 Å². The molecule has 3 nitrogen and oxygen atoms in total. The van der Waals surface area contributed by atoms with Crippen molar-refractivity contribution in [3.05, 3.63) is 24.8 Å². The van der Waals surface area contributed by atoms with E-state index < -0.39 is 5.97 Å². The summed E-state index contributed by atoms with van der Waals surface area (Å²) in [6.45, 7) is 7.27. The van der Waals surface area contributed by atoms with E-state index in [0.717, 1.165) is 0 Å². The first-order chi connectivity index (χ1) is 5.72. The van der Waals surface area contributed by atoms with Gasteiger partial charge in [-0.05, 0) is 12.8 Å². The number of hydrogen-bond donors (Lipinski definition) is 1. The molecule has 0 amide bonds. The van der Waals surface area contributed by atoms with Crippen molar-refractivity contribution in [2.75, 3.05) is 13.2 Å². The van der Waals surface area contributed by atoms with Gasteiger partial charge in [-0.25, -0.2) is 4.79 Å². The second-order valence-electron chi connectivity index (χ2n) is 2.30. The molecule has 0 aromatic rings. The van der Waals surface area contributed by atoms with Crippen LogP contribution in [0.3, 0.4) is 0 Å². The number of hydrogen-bond acceptors (Lipinski definition) is 3. The topological polar surface area (TPSA) is 46.5 Å². The van der Waals surface area contributed by atoms with E-state index in [0.29, 0.717) is 19.4 Å². The highest BCUT2D eigenvalue weighted by Crippen LogP contribution is 1.97. The summed E-state index contributed by atoms with van der Waals surface area (Å²) >= 11 is 0. The largest absolute Gasteiger partial charge is 0.462 e. The van der Waals surface area contributed by atoms with Crippen LogP contribution in [-0.4, -0.2) is 24.3 Å². The Labute approximate surface area is 72.3 Å². The molecule has 0 aliphatic rings. The summed E-state index contributed by atoms with van der Waals surface area (Å²) < 4.78 is 4.78. The summed E-state index contributed by atoms with van der Waals surface area (Å²) in [6.07, 6.45) is 2.68. The molecule has 68 valence electrons. The fraction of sp³-hybridized carbons (Fsp3) is 0.444. The minimum absolute atomic E-state index is 0.125. The predicted molar refractivity (Wildman–Crippen MR) is 46.6 cm³/mol. The Morgan fingerprint density at radius 2 is 2.17 bits per heavy atom. The molecule has 0 atom stereocenters. The third-order valence-electron chi connectivity index (χ3n) is 1.29. The molecule has 0 saturated heterocycles. The average molecular weight is 170 g/mol. The first kappa shape index (κ1) is 10.9. The smallest absolute Gasteiger partial charge is 0.337 e. The van der Waals surface area contributed by atoms with Gasteiger partial charge in [-0.3, -0.25) is 0 Å². The Bertz CT molecular complexity index is 173. The van der Waals surface area contributed by atoms with Gasteiger partial charge in [0, 0.05) is 6.61 Å². The molecule has 0 radical (unpaired) electrons. The van der Waals surface area contributed by atoms with E-state index >= 15 is 0 Å². The van der Waals surface area contributed by atoms with Crippen LogP contribution in [0.25, 0.3) is 0 Å². The van der Waals surface area contributed by atoms with Crippen molar-refractivity contribution in [1.82, 2.24) is 0 Å². The zero-order chi connectivity index (χ0) is 9.40. The Hall–Kier alpha value is -1.09. The zero-order valence-corrected chi connectivity index (χ0v) is 7.08. The standard InChI is InChI=1S/C9H14O3/c1-3-8(2)9(11)12-7-5-4-6-10/h3,10H,1-2,4-7H2. The Kier molecular flexibility index (Phi) is 6.01. The monoisotopic (exact) mass is 170 g/mol. The van der Waals surface area contributed by atoms with Crippen molar-refractivity contribution in [3.63, 3.8) is 0 Å². The van der Waals surface area contributed by atoms with Crippen LogP contribution >= 0.6 is 0 Å². The van der Waals surface area contributed by atoms with Crippen LogP contribution in [-0.2, 0) is 9.53 Å². The van der Waals surface area contributed by atoms with E-state index in [2.05, 4.69) is 13.2 Å². The van der Waals surface area contributed by atoms with Crippen LogP contribution in [0.15, 0.2) is 24.8 Å². The summed E-state index contributed by atoms with van der Waals surface area (Å²) in [5, 5.41) is 8.41. The van der Waals surface area contributed by atoms with Crippen molar-refractivity contribution in [2.45, 2.75) is 12.8 Å². The molecule has 0 heterocycles. The van der Waals surface area contributed by atoms with Gasteiger partial charge in [-0.2, -0.15) is 0 Å². The molecular formula is C9H14O3. The maximum atomic E-state index is 10.9. The highest BCUT2D eigenvalue weighted by Gasteiger charge is 2.02. The lowest BCUT2D eigenvalue weighted by atomic mass is 10.3. The number of carbonyl (C=O) groups excluding carboxylic acids is 1. The molecule has 0 saturated carbocycles.